The number of tetrazole rings is 1. The zero-order valence-corrected chi connectivity index (χ0v) is 10.4. The highest BCUT2D eigenvalue weighted by atomic mass is 16.5. The Hall–Kier alpha value is -1.79. The molecule has 0 saturated carbocycles. The van der Waals surface area contributed by atoms with Gasteiger partial charge in [0.1, 0.15) is 5.60 Å². The number of hydrogen-bond acceptors (Lipinski definition) is 5. The van der Waals surface area contributed by atoms with Gasteiger partial charge in [0.2, 0.25) is 0 Å². The van der Waals surface area contributed by atoms with E-state index in [1.54, 1.807) is 14.2 Å². The van der Waals surface area contributed by atoms with E-state index in [2.05, 4.69) is 15.4 Å². The number of methoxy groups -OCH3 is 1. The maximum absolute atomic E-state index is 10.7. The highest BCUT2D eigenvalue weighted by Crippen LogP contribution is 2.24. The maximum Gasteiger partial charge on any atom is 0.178 e. The first-order valence-corrected chi connectivity index (χ1v) is 5.64. The first kappa shape index (κ1) is 12.7. The highest BCUT2D eigenvalue weighted by Gasteiger charge is 2.31. The Morgan fingerprint density at radius 2 is 2.06 bits per heavy atom. The van der Waals surface area contributed by atoms with Crippen LogP contribution >= 0.6 is 0 Å². The first-order chi connectivity index (χ1) is 8.64. The Bertz CT molecular complexity index is 500. The molecule has 0 bridgehead atoms. The van der Waals surface area contributed by atoms with E-state index in [1.165, 1.54) is 4.80 Å². The van der Waals surface area contributed by atoms with Gasteiger partial charge in [0, 0.05) is 13.5 Å². The van der Waals surface area contributed by atoms with Crippen molar-refractivity contribution in [1.82, 2.24) is 20.2 Å². The lowest BCUT2D eigenvalue weighted by molar-refractivity contribution is -0.0369. The van der Waals surface area contributed by atoms with E-state index in [4.69, 9.17) is 4.74 Å². The van der Waals surface area contributed by atoms with Gasteiger partial charge < -0.3 is 9.84 Å². The van der Waals surface area contributed by atoms with Crippen LogP contribution in [0.25, 0.3) is 0 Å². The van der Waals surface area contributed by atoms with Gasteiger partial charge >= 0.3 is 0 Å². The minimum atomic E-state index is -1.14. The molecule has 2 rings (SSSR count). The second kappa shape index (κ2) is 5.24. The molecule has 1 unspecified atom stereocenters. The van der Waals surface area contributed by atoms with Gasteiger partial charge in [0.25, 0.3) is 0 Å². The van der Waals surface area contributed by atoms with Crippen LogP contribution in [0.4, 0.5) is 0 Å². The summed E-state index contributed by atoms with van der Waals surface area (Å²) in [6.45, 7) is 0.176. The molecule has 0 saturated heterocycles. The van der Waals surface area contributed by atoms with Crippen LogP contribution in [0, 0.1) is 0 Å². The Morgan fingerprint density at radius 1 is 1.33 bits per heavy atom. The van der Waals surface area contributed by atoms with Gasteiger partial charge in [-0.2, -0.15) is 4.80 Å². The quantitative estimate of drug-likeness (QED) is 0.823. The van der Waals surface area contributed by atoms with Gasteiger partial charge in [-0.05, 0) is 10.8 Å². The molecule has 1 aromatic carbocycles. The summed E-state index contributed by atoms with van der Waals surface area (Å²) in [5, 5.41) is 22.4. The molecule has 0 aliphatic heterocycles. The largest absolute Gasteiger partial charge is 0.382 e. The second-order valence-electron chi connectivity index (χ2n) is 4.20. The number of aryl methyl sites for hydroxylation is 1. The maximum atomic E-state index is 10.7. The van der Waals surface area contributed by atoms with Crippen LogP contribution in [0.15, 0.2) is 30.3 Å². The summed E-state index contributed by atoms with van der Waals surface area (Å²) in [6, 6.07) is 9.36. The molecule has 2 aromatic rings. The van der Waals surface area contributed by atoms with Gasteiger partial charge in [0.05, 0.1) is 13.7 Å². The van der Waals surface area contributed by atoms with Gasteiger partial charge in [-0.25, -0.2) is 0 Å². The Kier molecular flexibility index (Phi) is 3.69. The zero-order valence-electron chi connectivity index (χ0n) is 10.4. The Balaban J connectivity index is 2.26. The van der Waals surface area contributed by atoms with E-state index in [-0.39, 0.29) is 13.0 Å². The SMILES string of the molecule is COCC(O)(Cc1nnn(C)n1)c1ccccc1. The van der Waals surface area contributed by atoms with E-state index in [0.29, 0.717) is 5.82 Å². The Morgan fingerprint density at radius 3 is 2.61 bits per heavy atom. The third-order valence-electron chi connectivity index (χ3n) is 2.69. The summed E-state index contributed by atoms with van der Waals surface area (Å²) >= 11 is 0. The van der Waals surface area contributed by atoms with Gasteiger partial charge in [0.15, 0.2) is 5.82 Å². The molecule has 6 heteroatoms. The van der Waals surface area contributed by atoms with Gasteiger partial charge in [-0.15, -0.1) is 10.2 Å². The van der Waals surface area contributed by atoms with Crippen molar-refractivity contribution >= 4 is 0 Å². The molecule has 0 amide bonds. The lowest BCUT2D eigenvalue weighted by Gasteiger charge is -2.26. The van der Waals surface area contributed by atoms with Crippen molar-refractivity contribution in [3.63, 3.8) is 0 Å². The standard InChI is InChI=1S/C12H16N4O2/c1-16-14-11(13-15-16)8-12(17,9-18-2)10-6-4-3-5-7-10/h3-7,17H,8-9H2,1-2H3. The molecule has 0 spiro atoms. The third-order valence-corrected chi connectivity index (χ3v) is 2.69. The molecule has 0 fully saturated rings. The number of ether oxygens (including phenoxy) is 1. The van der Waals surface area contributed by atoms with Crippen LogP contribution in [-0.2, 0) is 23.8 Å². The van der Waals surface area contributed by atoms with E-state index >= 15 is 0 Å². The lowest BCUT2D eigenvalue weighted by atomic mass is 9.91. The number of aromatic nitrogens is 4. The molecule has 18 heavy (non-hydrogen) atoms. The molecule has 1 atom stereocenters. The molecular weight excluding hydrogens is 232 g/mol. The summed E-state index contributed by atoms with van der Waals surface area (Å²) in [4.78, 5) is 1.37. The monoisotopic (exact) mass is 248 g/mol. The average molecular weight is 248 g/mol. The number of nitrogens with zero attached hydrogens (tertiary/aromatic N) is 4. The topological polar surface area (TPSA) is 73.1 Å². The zero-order chi connectivity index (χ0) is 13.0. The minimum absolute atomic E-state index is 0.176. The van der Waals surface area contributed by atoms with E-state index in [1.807, 2.05) is 30.3 Å². The van der Waals surface area contributed by atoms with Gasteiger partial charge in [-0.3, -0.25) is 0 Å². The van der Waals surface area contributed by atoms with Gasteiger partial charge in [-0.1, -0.05) is 30.3 Å². The predicted octanol–water partition coefficient (Wildman–Crippen LogP) is 0.287. The minimum Gasteiger partial charge on any atom is -0.382 e. The summed E-state index contributed by atoms with van der Waals surface area (Å²) in [5.74, 6) is 0.487. The van der Waals surface area contributed by atoms with Crippen LogP contribution in [0.1, 0.15) is 11.4 Å². The summed E-state index contributed by atoms with van der Waals surface area (Å²) in [5.41, 5.74) is -0.363. The molecule has 0 aliphatic carbocycles. The number of rotatable bonds is 5. The fourth-order valence-corrected chi connectivity index (χ4v) is 1.88. The molecule has 0 radical (unpaired) electrons. The molecule has 1 aromatic heterocycles. The molecule has 0 aliphatic rings. The van der Waals surface area contributed by atoms with Crippen LogP contribution < -0.4 is 0 Å². The van der Waals surface area contributed by atoms with E-state index in [9.17, 15) is 5.11 Å². The molecular formula is C12H16N4O2. The van der Waals surface area contributed by atoms with Crippen molar-refractivity contribution in [3.05, 3.63) is 41.7 Å². The van der Waals surface area contributed by atoms with Crippen molar-refractivity contribution in [3.8, 4) is 0 Å². The van der Waals surface area contributed by atoms with Crippen molar-refractivity contribution in [2.75, 3.05) is 13.7 Å². The normalized spacial score (nSPS) is 14.4. The second-order valence-corrected chi connectivity index (χ2v) is 4.20. The van der Waals surface area contributed by atoms with Crippen LogP contribution in [0.2, 0.25) is 0 Å². The summed E-state index contributed by atoms with van der Waals surface area (Å²) < 4.78 is 5.11. The predicted molar refractivity (Wildman–Crippen MR) is 64.7 cm³/mol. The van der Waals surface area contributed by atoms with Crippen molar-refractivity contribution < 1.29 is 9.84 Å². The van der Waals surface area contributed by atoms with Crippen LogP contribution in [-0.4, -0.2) is 39.0 Å². The smallest absolute Gasteiger partial charge is 0.178 e. The summed E-state index contributed by atoms with van der Waals surface area (Å²) in [7, 11) is 3.24. The number of aliphatic hydroxyl groups is 1. The Labute approximate surface area is 105 Å². The number of benzene rings is 1. The molecule has 1 N–H and O–H groups in total. The number of hydrogen-bond donors (Lipinski definition) is 1. The fraction of sp³-hybridized carbons (Fsp3) is 0.417. The van der Waals surface area contributed by atoms with Crippen LogP contribution in [0.3, 0.4) is 0 Å². The van der Waals surface area contributed by atoms with Crippen molar-refractivity contribution in [2.45, 2.75) is 12.0 Å². The molecule has 6 nitrogen and oxygen atoms in total. The first-order valence-electron chi connectivity index (χ1n) is 5.64. The average Bonchev–Trinajstić information content (AvgIpc) is 2.76. The highest BCUT2D eigenvalue weighted by molar-refractivity contribution is 5.23. The summed E-state index contributed by atoms with van der Waals surface area (Å²) in [6.07, 6.45) is 0.263. The van der Waals surface area contributed by atoms with Crippen molar-refractivity contribution in [2.24, 2.45) is 7.05 Å². The molecule has 1 heterocycles. The van der Waals surface area contributed by atoms with Crippen LogP contribution in [0.5, 0.6) is 0 Å². The van der Waals surface area contributed by atoms with E-state index < -0.39 is 5.60 Å². The third kappa shape index (κ3) is 2.72. The fourth-order valence-electron chi connectivity index (χ4n) is 1.88. The van der Waals surface area contributed by atoms with Crippen molar-refractivity contribution in [1.29, 1.82) is 0 Å². The molecule has 96 valence electrons. The lowest BCUT2D eigenvalue weighted by Crippen LogP contribution is -2.34. The van der Waals surface area contributed by atoms with E-state index in [0.717, 1.165) is 5.56 Å².